The van der Waals surface area contributed by atoms with Crippen molar-refractivity contribution in [3.63, 3.8) is 0 Å². The lowest BCUT2D eigenvalue weighted by Crippen LogP contribution is -2.43. The molecule has 0 saturated carbocycles. The molecule has 0 aliphatic heterocycles. The van der Waals surface area contributed by atoms with Crippen molar-refractivity contribution in [3.8, 4) is 5.75 Å². The van der Waals surface area contributed by atoms with E-state index in [9.17, 15) is 23.1 Å². The number of amides is 1. The summed E-state index contributed by atoms with van der Waals surface area (Å²) in [5.41, 5.74) is 0.810. The fourth-order valence-corrected chi connectivity index (χ4v) is 4.32. The lowest BCUT2D eigenvalue weighted by Gasteiger charge is -2.14. The van der Waals surface area contributed by atoms with Crippen molar-refractivity contribution in [2.45, 2.75) is 23.8 Å². The first-order valence-electron chi connectivity index (χ1n) is 9.69. The molecular weight excluding hydrogens is 476 g/mol. The van der Waals surface area contributed by atoms with Crippen LogP contribution < -0.4 is 14.8 Å². The van der Waals surface area contributed by atoms with Gasteiger partial charge in [-0.25, -0.2) is 17.9 Å². The molecule has 0 saturated heterocycles. The van der Waals surface area contributed by atoms with Crippen molar-refractivity contribution in [2.24, 2.45) is 0 Å². The van der Waals surface area contributed by atoms with Crippen molar-refractivity contribution in [3.05, 3.63) is 59.1 Å². The van der Waals surface area contributed by atoms with Gasteiger partial charge < -0.3 is 15.2 Å². The lowest BCUT2D eigenvalue weighted by molar-refractivity contribution is -0.142. The number of nitrogens with one attached hydrogen (secondary N) is 2. The molecule has 174 valence electrons. The quantitative estimate of drug-likeness (QED) is 0.386. The summed E-state index contributed by atoms with van der Waals surface area (Å²) in [5.74, 6) is -0.577. The summed E-state index contributed by atoms with van der Waals surface area (Å²) in [5, 5.41) is 12.1. The van der Waals surface area contributed by atoms with Crippen molar-refractivity contribution in [2.75, 3.05) is 25.2 Å². The number of hydrogen-bond acceptors (Lipinski definition) is 6. The zero-order chi connectivity index (χ0) is 23.6. The van der Waals surface area contributed by atoms with Gasteiger partial charge in [0.25, 0.3) is 5.91 Å². The molecule has 0 spiro atoms. The van der Waals surface area contributed by atoms with E-state index in [1.54, 1.807) is 18.2 Å². The molecule has 0 heterocycles. The molecule has 0 radical (unpaired) electrons. The first-order chi connectivity index (χ1) is 15.2. The number of benzene rings is 2. The van der Waals surface area contributed by atoms with Gasteiger partial charge in [0.2, 0.25) is 10.0 Å². The van der Waals surface area contributed by atoms with E-state index in [0.29, 0.717) is 29.4 Å². The second-order valence-electron chi connectivity index (χ2n) is 6.78. The van der Waals surface area contributed by atoms with Crippen molar-refractivity contribution < 1.29 is 27.9 Å². The third-order valence-electron chi connectivity index (χ3n) is 4.34. The Balaban J connectivity index is 1.84. The van der Waals surface area contributed by atoms with Crippen LogP contribution in [-0.4, -0.2) is 56.6 Å². The second kappa shape index (κ2) is 12.7. The van der Waals surface area contributed by atoms with Crippen LogP contribution in [0.5, 0.6) is 5.75 Å². The van der Waals surface area contributed by atoms with E-state index in [1.807, 2.05) is 12.3 Å². The third kappa shape index (κ3) is 8.70. The van der Waals surface area contributed by atoms with Crippen LogP contribution in [0.25, 0.3) is 0 Å². The molecule has 3 N–H and O–H groups in total. The fourth-order valence-electron chi connectivity index (χ4n) is 2.70. The Hall–Kier alpha value is -2.27. The number of carboxylic acid groups (broad SMARTS) is 1. The smallest absolute Gasteiger partial charge is 0.326 e. The van der Waals surface area contributed by atoms with Crippen molar-refractivity contribution >= 4 is 45.3 Å². The van der Waals surface area contributed by atoms with Crippen LogP contribution in [0.1, 0.15) is 12.0 Å². The van der Waals surface area contributed by atoms with Crippen LogP contribution in [0.15, 0.2) is 53.4 Å². The average molecular weight is 501 g/mol. The van der Waals surface area contributed by atoms with E-state index in [-0.39, 0.29) is 18.0 Å². The van der Waals surface area contributed by atoms with E-state index >= 15 is 0 Å². The molecule has 0 aromatic heterocycles. The van der Waals surface area contributed by atoms with E-state index in [4.69, 9.17) is 16.3 Å². The molecule has 0 aliphatic carbocycles. The monoisotopic (exact) mass is 500 g/mol. The topological polar surface area (TPSA) is 122 Å². The predicted octanol–water partition coefficient (Wildman–Crippen LogP) is 2.56. The van der Waals surface area contributed by atoms with Crippen molar-refractivity contribution in [1.82, 2.24) is 10.0 Å². The number of thioether (sulfide) groups is 1. The van der Waals surface area contributed by atoms with E-state index in [2.05, 4.69) is 10.0 Å². The summed E-state index contributed by atoms with van der Waals surface area (Å²) in [4.78, 5) is 23.4. The van der Waals surface area contributed by atoms with Gasteiger partial charge in [0.1, 0.15) is 11.8 Å². The molecule has 1 atom stereocenters. The Morgan fingerprint density at radius 2 is 1.91 bits per heavy atom. The van der Waals surface area contributed by atoms with Gasteiger partial charge in [-0.1, -0.05) is 23.7 Å². The molecule has 2 aromatic rings. The van der Waals surface area contributed by atoms with Gasteiger partial charge in [-0.2, -0.15) is 11.8 Å². The highest BCUT2D eigenvalue weighted by atomic mass is 35.5. The maximum atomic E-state index is 12.3. The summed E-state index contributed by atoms with van der Waals surface area (Å²) in [6.45, 7) is -0.152. The summed E-state index contributed by atoms with van der Waals surface area (Å²) >= 11 is 7.29. The van der Waals surface area contributed by atoms with Crippen LogP contribution in [-0.2, 0) is 26.0 Å². The highest BCUT2D eigenvalue weighted by molar-refractivity contribution is 7.98. The maximum Gasteiger partial charge on any atom is 0.326 e. The van der Waals surface area contributed by atoms with Crippen LogP contribution in [0.2, 0.25) is 5.02 Å². The number of ether oxygens (including phenoxy) is 1. The number of rotatable bonds is 13. The fraction of sp³-hybridized carbons (Fsp3) is 0.333. The number of carbonyl (C=O) groups is 2. The van der Waals surface area contributed by atoms with Crippen LogP contribution in [0.4, 0.5) is 0 Å². The normalized spacial score (nSPS) is 12.2. The maximum absolute atomic E-state index is 12.3. The molecule has 0 unspecified atom stereocenters. The number of halogens is 1. The van der Waals surface area contributed by atoms with E-state index < -0.39 is 27.9 Å². The Morgan fingerprint density at radius 3 is 2.56 bits per heavy atom. The minimum atomic E-state index is -3.65. The second-order valence-corrected chi connectivity index (χ2v) is 9.97. The Morgan fingerprint density at radius 1 is 1.19 bits per heavy atom. The van der Waals surface area contributed by atoms with E-state index in [0.717, 1.165) is 5.56 Å². The van der Waals surface area contributed by atoms with Crippen LogP contribution in [0.3, 0.4) is 0 Å². The molecule has 0 bridgehead atoms. The summed E-state index contributed by atoms with van der Waals surface area (Å²) < 4.78 is 32.6. The van der Waals surface area contributed by atoms with Crippen LogP contribution in [0, 0.1) is 0 Å². The number of carboxylic acids is 1. The first-order valence-corrected chi connectivity index (χ1v) is 12.9. The van der Waals surface area contributed by atoms with Gasteiger partial charge in [-0.15, -0.1) is 0 Å². The van der Waals surface area contributed by atoms with Gasteiger partial charge in [0.05, 0.1) is 4.90 Å². The van der Waals surface area contributed by atoms with Gasteiger partial charge >= 0.3 is 5.97 Å². The molecule has 2 aromatic carbocycles. The summed E-state index contributed by atoms with van der Waals surface area (Å²) in [7, 11) is -3.65. The Bertz CT molecular complexity index is 1020. The zero-order valence-electron chi connectivity index (χ0n) is 17.4. The summed E-state index contributed by atoms with van der Waals surface area (Å²) in [6, 6.07) is 11.8. The van der Waals surface area contributed by atoms with Gasteiger partial charge in [-0.05, 0) is 66.8 Å². The average Bonchev–Trinajstić information content (AvgIpc) is 2.75. The molecular formula is C21H25ClN2O6S2. The van der Waals surface area contributed by atoms with Gasteiger partial charge in [0.15, 0.2) is 6.61 Å². The minimum Gasteiger partial charge on any atom is -0.484 e. The zero-order valence-corrected chi connectivity index (χ0v) is 19.8. The number of sulfonamides is 1. The molecule has 8 nitrogen and oxygen atoms in total. The molecule has 2 rings (SSSR count). The number of hydrogen-bond donors (Lipinski definition) is 3. The largest absolute Gasteiger partial charge is 0.484 e. The van der Waals surface area contributed by atoms with Crippen molar-refractivity contribution in [1.29, 1.82) is 0 Å². The third-order valence-corrected chi connectivity index (χ3v) is 6.71. The Labute approximate surface area is 196 Å². The first kappa shape index (κ1) is 26.0. The minimum absolute atomic E-state index is 0.127. The molecule has 0 fully saturated rings. The van der Waals surface area contributed by atoms with Gasteiger partial charge in [-0.3, -0.25) is 4.79 Å². The summed E-state index contributed by atoms with van der Waals surface area (Å²) in [6.07, 6.45) is 2.59. The lowest BCUT2D eigenvalue weighted by atomic mass is 10.1. The van der Waals surface area contributed by atoms with Gasteiger partial charge in [0, 0.05) is 11.6 Å². The molecule has 1 amide bonds. The van der Waals surface area contributed by atoms with E-state index in [1.165, 1.54) is 36.0 Å². The highest BCUT2D eigenvalue weighted by Gasteiger charge is 2.19. The van der Waals surface area contributed by atoms with Crippen LogP contribution >= 0.6 is 23.4 Å². The Kier molecular flexibility index (Phi) is 10.3. The molecule has 32 heavy (non-hydrogen) atoms. The predicted molar refractivity (Wildman–Crippen MR) is 125 cm³/mol. The SMILES string of the molecule is CSCC[C@H](NC(=O)COc1cccc(CCNS(=O)(=O)c2ccc(Cl)cc2)c1)C(=O)O. The number of carbonyl (C=O) groups excluding carboxylic acids is 1. The molecule has 0 aliphatic rings. The standard InChI is InChI=1S/C21H25ClN2O6S2/c1-31-12-10-19(21(26)27)24-20(25)14-30-17-4-2-3-15(13-17)9-11-23-32(28,29)18-7-5-16(22)6-8-18/h2-8,13,19,23H,9-12,14H2,1H3,(H,24,25)(H,26,27)/t19-/m0/s1. The number of aliphatic carboxylic acids is 1. The highest BCUT2D eigenvalue weighted by Crippen LogP contribution is 2.15. The molecule has 11 heteroatoms.